The Morgan fingerprint density at radius 2 is 1.88 bits per heavy atom. The van der Waals surface area contributed by atoms with Crippen LogP contribution in [0.25, 0.3) is 6.08 Å². The van der Waals surface area contributed by atoms with Crippen molar-refractivity contribution in [3.05, 3.63) is 29.6 Å². The molecule has 1 aromatic carbocycles. The molecule has 0 amide bonds. The third kappa shape index (κ3) is 2.97. The van der Waals surface area contributed by atoms with Crippen LogP contribution in [0, 0.1) is 5.82 Å². The lowest BCUT2D eigenvalue weighted by atomic mass is 10.1. The molecule has 1 rings (SSSR count). The Kier molecular flexibility index (Phi) is 4.79. The highest BCUT2D eigenvalue weighted by Gasteiger charge is 2.08. The smallest absolute Gasteiger partial charge is 0.163 e. The summed E-state index contributed by atoms with van der Waals surface area (Å²) in [5.41, 5.74) is 0.480. The van der Waals surface area contributed by atoms with Crippen LogP contribution < -0.4 is 14.8 Å². The van der Waals surface area contributed by atoms with Crippen molar-refractivity contribution >= 4 is 6.08 Å². The molecule has 1 N–H and O–H groups in total. The Balaban J connectivity index is 3.01. The molecule has 0 unspecified atom stereocenters. The minimum Gasteiger partial charge on any atom is -0.493 e. The van der Waals surface area contributed by atoms with Crippen LogP contribution >= 0.6 is 0 Å². The number of halogens is 1. The summed E-state index contributed by atoms with van der Waals surface area (Å²) >= 11 is 0. The standard InChI is InChI=1S/C12H16FNO2/c1-14-6-4-5-9-7-11(15-2)12(16-3)8-10(9)13/h4-5,7-8,14H,6H2,1-3H3. The summed E-state index contributed by atoms with van der Waals surface area (Å²) < 4.78 is 23.7. The first-order valence-corrected chi connectivity index (χ1v) is 4.95. The van der Waals surface area contributed by atoms with E-state index in [1.807, 2.05) is 13.1 Å². The molecule has 0 radical (unpaired) electrons. The van der Waals surface area contributed by atoms with Gasteiger partial charge in [0.2, 0.25) is 0 Å². The normalized spacial score (nSPS) is 10.8. The number of hydrogen-bond donors (Lipinski definition) is 1. The molecule has 4 heteroatoms. The Morgan fingerprint density at radius 3 is 2.44 bits per heavy atom. The molecule has 0 spiro atoms. The molecule has 3 nitrogen and oxygen atoms in total. The first-order chi connectivity index (χ1) is 7.72. The molecule has 0 aliphatic heterocycles. The maximum absolute atomic E-state index is 13.6. The highest BCUT2D eigenvalue weighted by Crippen LogP contribution is 2.30. The lowest BCUT2D eigenvalue weighted by Gasteiger charge is -2.08. The Hall–Kier alpha value is -1.55. The lowest BCUT2D eigenvalue weighted by molar-refractivity contribution is 0.352. The van der Waals surface area contributed by atoms with Crippen LogP contribution in [0.4, 0.5) is 4.39 Å². The van der Waals surface area contributed by atoms with Crippen LogP contribution in [0.1, 0.15) is 5.56 Å². The number of ether oxygens (including phenoxy) is 2. The molecular formula is C12H16FNO2. The maximum Gasteiger partial charge on any atom is 0.163 e. The van der Waals surface area contributed by atoms with Gasteiger partial charge >= 0.3 is 0 Å². The molecule has 0 aromatic heterocycles. The Bertz CT molecular complexity index is 378. The summed E-state index contributed by atoms with van der Waals surface area (Å²) in [7, 11) is 4.83. The van der Waals surface area contributed by atoms with Crippen LogP contribution in [-0.2, 0) is 0 Å². The molecule has 0 bridgehead atoms. The summed E-state index contributed by atoms with van der Waals surface area (Å²) in [4.78, 5) is 0. The molecular weight excluding hydrogens is 209 g/mol. The summed E-state index contributed by atoms with van der Waals surface area (Å²) in [5, 5.41) is 2.94. The number of benzene rings is 1. The number of likely N-dealkylation sites (N-methyl/N-ethyl adjacent to an activating group) is 1. The SMILES string of the molecule is CNCC=Cc1cc(OC)c(OC)cc1F. The third-order valence-corrected chi connectivity index (χ3v) is 2.12. The molecule has 0 heterocycles. The highest BCUT2D eigenvalue weighted by atomic mass is 19.1. The summed E-state index contributed by atoms with van der Waals surface area (Å²) in [6, 6.07) is 2.93. The second-order valence-electron chi connectivity index (χ2n) is 3.19. The van der Waals surface area contributed by atoms with E-state index in [2.05, 4.69) is 5.32 Å². The average Bonchev–Trinajstić information content (AvgIpc) is 2.31. The van der Waals surface area contributed by atoms with Crippen molar-refractivity contribution in [2.45, 2.75) is 0 Å². The molecule has 88 valence electrons. The number of methoxy groups -OCH3 is 2. The largest absolute Gasteiger partial charge is 0.493 e. The van der Waals surface area contributed by atoms with E-state index in [4.69, 9.17) is 9.47 Å². The van der Waals surface area contributed by atoms with E-state index in [0.717, 1.165) is 0 Å². The minimum atomic E-state index is -0.329. The topological polar surface area (TPSA) is 30.5 Å². The average molecular weight is 225 g/mol. The van der Waals surface area contributed by atoms with Gasteiger partial charge in [-0.15, -0.1) is 0 Å². The van der Waals surface area contributed by atoms with Crippen molar-refractivity contribution < 1.29 is 13.9 Å². The highest BCUT2D eigenvalue weighted by molar-refractivity contribution is 5.56. The van der Waals surface area contributed by atoms with Gasteiger partial charge in [0, 0.05) is 18.2 Å². The van der Waals surface area contributed by atoms with Crippen LogP contribution in [-0.4, -0.2) is 27.8 Å². The first kappa shape index (κ1) is 12.5. The van der Waals surface area contributed by atoms with Gasteiger partial charge in [0.05, 0.1) is 14.2 Å². The zero-order chi connectivity index (χ0) is 12.0. The third-order valence-electron chi connectivity index (χ3n) is 2.12. The molecule has 0 aliphatic rings. The monoisotopic (exact) mass is 225 g/mol. The Labute approximate surface area is 94.9 Å². The predicted octanol–water partition coefficient (Wildman–Crippen LogP) is 2.08. The van der Waals surface area contributed by atoms with Crippen molar-refractivity contribution in [3.63, 3.8) is 0 Å². The molecule has 0 aliphatic carbocycles. The second kappa shape index (κ2) is 6.12. The zero-order valence-corrected chi connectivity index (χ0v) is 9.71. The fourth-order valence-corrected chi connectivity index (χ4v) is 1.30. The minimum absolute atomic E-state index is 0.329. The van der Waals surface area contributed by atoms with E-state index in [1.165, 1.54) is 20.3 Å². The summed E-state index contributed by atoms with van der Waals surface area (Å²) in [5.74, 6) is 0.587. The first-order valence-electron chi connectivity index (χ1n) is 4.95. The predicted molar refractivity (Wildman–Crippen MR) is 62.5 cm³/mol. The number of rotatable bonds is 5. The van der Waals surface area contributed by atoms with Crippen molar-refractivity contribution in [2.24, 2.45) is 0 Å². The van der Waals surface area contributed by atoms with Gasteiger partial charge in [0.25, 0.3) is 0 Å². The van der Waals surface area contributed by atoms with Gasteiger partial charge < -0.3 is 14.8 Å². The van der Waals surface area contributed by atoms with Gasteiger partial charge in [-0.05, 0) is 13.1 Å². The molecule has 1 aromatic rings. The number of hydrogen-bond acceptors (Lipinski definition) is 3. The van der Waals surface area contributed by atoms with Gasteiger partial charge in [-0.1, -0.05) is 12.2 Å². The Morgan fingerprint density at radius 1 is 1.25 bits per heavy atom. The lowest BCUT2D eigenvalue weighted by Crippen LogP contribution is -2.03. The fraction of sp³-hybridized carbons (Fsp3) is 0.333. The van der Waals surface area contributed by atoms with Crippen LogP contribution in [0.2, 0.25) is 0 Å². The van der Waals surface area contributed by atoms with Gasteiger partial charge in [0.15, 0.2) is 11.5 Å². The molecule has 16 heavy (non-hydrogen) atoms. The van der Waals surface area contributed by atoms with Crippen LogP contribution in [0.3, 0.4) is 0 Å². The van der Waals surface area contributed by atoms with E-state index >= 15 is 0 Å². The van der Waals surface area contributed by atoms with E-state index in [-0.39, 0.29) is 5.82 Å². The van der Waals surface area contributed by atoms with E-state index in [9.17, 15) is 4.39 Å². The molecule has 0 atom stereocenters. The van der Waals surface area contributed by atoms with Gasteiger partial charge in [0.1, 0.15) is 5.82 Å². The molecule has 0 saturated carbocycles. The van der Waals surface area contributed by atoms with Crippen LogP contribution in [0.5, 0.6) is 11.5 Å². The molecule has 0 saturated heterocycles. The maximum atomic E-state index is 13.6. The second-order valence-corrected chi connectivity index (χ2v) is 3.19. The number of nitrogens with one attached hydrogen (secondary N) is 1. The van der Waals surface area contributed by atoms with Gasteiger partial charge in [-0.25, -0.2) is 4.39 Å². The van der Waals surface area contributed by atoms with E-state index in [0.29, 0.717) is 23.6 Å². The zero-order valence-electron chi connectivity index (χ0n) is 9.71. The summed E-state index contributed by atoms with van der Waals surface area (Å²) in [6.07, 6.45) is 3.54. The van der Waals surface area contributed by atoms with E-state index in [1.54, 1.807) is 12.1 Å². The van der Waals surface area contributed by atoms with Crippen molar-refractivity contribution in [3.8, 4) is 11.5 Å². The fourth-order valence-electron chi connectivity index (χ4n) is 1.30. The van der Waals surface area contributed by atoms with Crippen molar-refractivity contribution in [1.29, 1.82) is 0 Å². The quantitative estimate of drug-likeness (QED) is 0.832. The van der Waals surface area contributed by atoms with Crippen LogP contribution in [0.15, 0.2) is 18.2 Å². The van der Waals surface area contributed by atoms with E-state index < -0.39 is 0 Å². The van der Waals surface area contributed by atoms with Crippen molar-refractivity contribution in [1.82, 2.24) is 5.32 Å². The molecule has 0 fully saturated rings. The van der Waals surface area contributed by atoms with Gasteiger partial charge in [-0.3, -0.25) is 0 Å². The van der Waals surface area contributed by atoms with Crippen molar-refractivity contribution in [2.75, 3.05) is 27.8 Å². The summed E-state index contributed by atoms with van der Waals surface area (Å²) in [6.45, 7) is 0.688. The van der Waals surface area contributed by atoms with Gasteiger partial charge in [-0.2, -0.15) is 0 Å².